The Hall–Kier alpha value is -1.20. The van der Waals surface area contributed by atoms with Crippen molar-refractivity contribution in [3.8, 4) is 0 Å². The van der Waals surface area contributed by atoms with Gasteiger partial charge in [0.15, 0.2) is 0 Å². The Morgan fingerprint density at radius 3 is 3.06 bits per heavy atom. The molecule has 0 radical (unpaired) electrons. The molecule has 1 aliphatic heterocycles. The highest BCUT2D eigenvalue weighted by atomic mass is 32.2. The molecule has 17 heavy (non-hydrogen) atoms. The summed E-state index contributed by atoms with van der Waals surface area (Å²) >= 11 is 3.53. The molecule has 0 N–H and O–H groups in total. The second-order valence-corrected chi connectivity index (χ2v) is 6.02. The summed E-state index contributed by atoms with van der Waals surface area (Å²) in [6.45, 7) is 0. The summed E-state index contributed by atoms with van der Waals surface area (Å²) in [4.78, 5) is 22.3. The van der Waals surface area contributed by atoms with Gasteiger partial charge in [0.2, 0.25) is 5.78 Å². The van der Waals surface area contributed by atoms with E-state index in [0.29, 0.717) is 5.69 Å². The van der Waals surface area contributed by atoms with Crippen molar-refractivity contribution in [2.24, 2.45) is 0 Å². The number of thiophene rings is 1. The molecule has 0 bridgehead atoms. The Bertz CT molecular complexity index is 527. The monoisotopic (exact) mass is 262 g/mol. The van der Waals surface area contributed by atoms with Crippen LogP contribution in [0.25, 0.3) is 0 Å². The van der Waals surface area contributed by atoms with Crippen molar-refractivity contribution in [2.45, 2.75) is 12.2 Å². The fourth-order valence-electron chi connectivity index (χ4n) is 1.80. The molecular formula is C12H10N2OS2. The van der Waals surface area contributed by atoms with Crippen LogP contribution in [0.15, 0.2) is 24.7 Å². The summed E-state index contributed by atoms with van der Waals surface area (Å²) in [6, 6.07) is 2.02. The summed E-state index contributed by atoms with van der Waals surface area (Å²) in [7, 11) is 0. The zero-order chi connectivity index (χ0) is 11.7. The van der Waals surface area contributed by atoms with Gasteiger partial charge in [-0.1, -0.05) is 0 Å². The van der Waals surface area contributed by atoms with Gasteiger partial charge in [0.25, 0.3) is 0 Å². The van der Waals surface area contributed by atoms with Gasteiger partial charge < -0.3 is 0 Å². The van der Waals surface area contributed by atoms with E-state index < -0.39 is 0 Å². The predicted molar refractivity (Wildman–Crippen MR) is 69.6 cm³/mol. The number of thioether (sulfide) groups is 1. The lowest BCUT2D eigenvalue weighted by molar-refractivity contribution is 0.103. The third-order valence-corrected chi connectivity index (χ3v) is 4.89. The number of rotatable bonds is 2. The topological polar surface area (TPSA) is 42.9 Å². The van der Waals surface area contributed by atoms with E-state index in [0.717, 1.165) is 22.8 Å². The molecule has 0 atom stereocenters. The Morgan fingerprint density at radius 1 is 1.35 bits per heavy atom. The highest BCUT2D eigenvalue weighted by Gasteiger charge is 2.19. The van der Waals surface area contributed by atoms with Crippen LogP contribution >= 0.6 is 23.1 Å². The van der Waals surface area contributed by atoms with Crippen LogP contribution in [0.5, 0.6) is 0 Å². The minimum absolute atomic E-state index is 0.0116. The molecule has 0 spiro atoms. The van der Waals surface area contributed by atoms with Crippen molar-refractivity contribution in [3.63, 3.8) is 0 Å². The van der Waals surface area contributed by atoms with Crippen LogP contribution in [0.4, 0.5) is 0 Å². The van der Waals surface area contributed by atoms with Gasteiger partial charge in [0.05, 0.1) is 11.1 Å². The van der Waals surface area contributed by atoms with E-state index in [2.05, 4.69) is 9.97 Å². The minimum atomic E-state index is -0.0116. The number of carbonyl (C=O) groups excluding carboxylic acids is 1. The van der Waals surface area contributed by atoms with Crippen LogP contribution in [0.3, 0.4) is 0 Å². The number of nitrogens with zero attached hydrogens (tertiary/aromatic N) is 2. The number of aryl methyl sites for hydroxylation is 1. The van der Waals surface area contributed by atoms with E-state index >= 15 is 0 Å². The van der Waals surface area contributed by atoms with E-state index in [-0.39, 0.29) is 5.78 Å². The SMILES string of the molecule is O=C(c1cnccn1)c1cc2c(s1)CCSC2. The van der Waals surface area contributed by atoms with E-state index in [1.165, 1.54) is 16.6 Å². The first-order valence-corrected chi connectivity index (χ1v) is 7.32. The second kappa shape index (κ2) is 4.58. The van der Waals surface area contributed by atoms with Gasteiger partial charge >= 0.3 is 0 Å². The molecule has 0 aliphatic carbocycles. The fraction of sp³-hybridized carbons (Fsp3) is 0.250. The summed E-state index contributed by atoms with van der Waals surface area (Å²) in [5.74, 6) is 2.17. The van der Waals surface area contributed by atoms with Crippen molar-refractivity contribution in [3.05, 3.63) is 45.7 Å². The molecule has 5 heteroatoms. The zero-order valence-corrected chi connectivity index (χ0v) is 10.7. The quantitative estimate of drug-likeness (QED) is 0.780. The maximum Gasteiger partial charge on any atom is 0.222 e. The van der Waals surface area contributed by atoms with Gasteiger partial charge in [0, 0.05) is 23.0 Å². The normalized spacial score (nSPS) is 14.4. The number of carbonyl (C=O) groups is 1. The molecule has 0 amide bonds. The van der Waals surface area contributed by atoms with Crippen LogP contribution in [0, 0.1) is 0 Å². The molecule has 0 fully saturated rings. The molecule has 0 saturated heterocycles. The van der Waals surface area contributed by atoms with E-state index in [9.17, 15) is 4.79 Å². The Morgan fingerprint density at radius 2 is 2.29 bits per heavy atom. The van der Waals surface area contributed by atoms with Crippen molar-refractivity contribution < 1.29 is 4.79 Å². The third-order valence-electron chi connectivity index (χ3n) is 2.65. The highest BCUT2D eigenvalue weighted by Crippen LogP contribution is 2.32. The Labute approximate surface area is 107 Å². The maximum absolute atomic E-state index is 12.2. The van der Waals surface area contributed by atoms with Gasteiger partial charge in [-0.3, -0.25) is 9.78 Å². The van der Waals surface area contributed by atoms with E-state index in [1.807, 2.05) is 17.8 Å². The number of ketones is 1. The highest BCUT2D eigenvalue weighted by molar-refractivity contribution is 7.98. The number of fused-ring (bicyclic) bond motifs is 1. The van der Waals surface area contributed by atoms with Crippen molar-refractivity contribution in [1.82, 2.24) is 9.97 Å². The smallest absolute Gasteiger partial charge is 0.222 e. The molecule has 3 rings (SSSR count). The number of hydrogen-bond donors (Lipinski definition) is 0. The lowest BCUT2D eigenvalue weighted by atomic mass is 10.2. The predicted octanol–water partition coefficient (Wildman–Crippen LogP) is 2.56. The molecule has 0 saturated carbocycles. The Kier molecular flexibility index (Phi) is 2.94. The summed E-state index contributed by atoms with van der Waals surface area (Å²) in [5, 5.41) is 0. The van der Waals surface area contributed by atoms with Crippen LogP contribution in [-0.4, -0.2) is 21.5 Å². The standard InChI is InChI=1S/C12H10N2OS2/c15-12(9-6-13-2-3-14-9)11-5-8-7-16-4-1-10(8)17-11/h2-3,5-6H,1,4,7H2. The molecule has 2 aromatic heterocycles. The largest absolute Gasteiger partial charge is 0.286 e. The molecule has 3 nitrogen and oxygen atoms in total. The lowest BCUT2D eigenvalue weighted by Crippen LogP contribution is -2.01. The average Bonchev–Trinajstić information content (AvgIpc) is 2.82. The molecular weight excluding hydrogens is 252 g/mol. The molecule has 0 aromatic carbocycles. The van der Waals surface area contributed by atoms with Gasteiger partial charge in [-0.15, -0.1) is 11.3 Å². The number of aromatic nitrogens is 2. The molecule has 1 aliphatic rings. The zero-order valence-electron chi connectivity index (χ0n) is 9.05. The van der Waals surface area contributed by atoms with Gasteiger partial charge in [0.1, 0.15) is 5.69 Å². The minimum Gasteiger partial charge on any atom is -0.286 e. The fourth-order valence-corrected chi connectivity index (χ4v) is 4.12. The van der Waals surface area contributed by atoms with Gasteiger partial charge in [-0.05, 0) is 23.8 Å². The van der Waals surface area contributed by atoms with E-state index in [4.69, 9.17) is 0 Å². The number of hydrogen-bond acceptors (Lipinski definition) is 5. The molecule has 3 heterocycles. The maximum atomic E-state index is 12.2. The molecule has 2 aromatic rings. The van der Waals surface area contributed by atoms with Crippen molar-refractivity contribution in [2.75, 3.05) is 5.75 Å². The van der Waals surface area contributed by atoms with E-state index in [1.54, 1.807) is 23.7 Å². The third kappa shape index (κ3) is 2.12. The second-order valence-electron chi connectivity index (χ2n) is 3.78. The summed E-state index contributed by atoms with van der Waals surface area (Å²) in [6.07, 6.45) is 5.73. The van der Waals surface area contributed by atoms with Crippen molar-refractivity contribution in [1.29, 1.82) is 0 Å². The molecule has 0 unspecified atom stereocenters. The van der Waals surface area contributed by atoms with Gasteiger partial charge in [-0.25, -0.2) is 4.98 Å². The summed E-state index contributed by atoms with van der Waals surface area (Å²) < 4.78 is 0. The van der Waals surface area contributed by atoms with Crippen LogP contribution < -0.4 is 0 Å². The van der Waals surface area contributed by atoms with Crippen molar-refractivity contribution >= 4 is 28.9 Å². The first-order valence-electron chi connectivity index (χ1n) is 5.34. The lowest BCUT2D eigenvalue weighted by Gasteiger charge is -2.08. The van der Waals surface area contributed by atoms with Crippen LogP contribution in [0.2, 0.25) is 0 Å². The average molecular weight is 262 g/mol. The molecule has 86 valence electrons. The first kappa shape index (κ1) is 10.9. The van der Waals surface area contributed by atoms with Crippen LogP contribution in [-0.2, 0) is 12.2 Å². The van der Waals surface area contributed by atoms with Crippen LogP contribution in [0.1, 0.15) is 25.8 Å². The first-order chi connectivity index (χ1) is 8.34. The summed E-state index contributed by atoms with van der Waals surface area (Å²) in [5.41, 5.74) is 1.75. The Balaban J connectivity index is 1.94. The van der Waals surface area contributed by atoms with Gasteiger partial charge in [-0.2, -0.15) is 11.8 Å².